The Labute approximate surface area is 240 Å². The molecule has 10 heteroatoms. The molecule has 2 saturated heterocycles. The summed E-state index contributed by atoms with van der Waals surface area (Å²) < 4.78 is 7.97. The van der Waals surface area contributed by atoms with E-state index in [-0.39, 0.29) is 22.9 Å². The van der Waals surface area contributed by atoms with Gasteiger partial charge in [-0.2, -0.15) is 4.98 Å². The Kier molecular flexibility index (Phi) is 6.90. The Morgan fingerprint density at radius 2 is 1.88 bits per heavy atom. The third kappa shape index (κ3) is 4.76. The van der Waals surface area contributed by atoms with Gasteiger partial charge >= 0.3 is 0 Å². The molecule has 5 heterocycles. The molecule has 0 radical (unpaired) electrons. The van der Waals surface area contributed by atoms with E-state index in [1.165, 1.54) is 19.8 Å². The number of carbonyl (C=O) groups excluding carboxylic acids is 1. The molecule has 1 atom stereocenters. The van der Waals surface area contributed by atoms with Crippen molar-refractivity contribution < 1.29 is 9.53 Å². The molecule has 4 aliphatic rings. The average molecular weight is 558 g/mol. The number of piperazine rings is 1. The van der Waals surface area contributed by atoms with E-state index in [4.69, 9.17) is 9.72 Å². The highest BCUT2D eigenvalue weighted by molar-refractivity contribution is 5.99. The number of hydrogen-bond acceptors (Lipinski definition) is 9. The summed E-state index contributed by atoms with van der Waals surface area (Å²) in [6.07, 6.45) is 8.15. The van der Waals surface area contributed by atoms with E-state index in [9.17, 15) is 9.59 Å². The number of Topliss-reactive ketones (excluding diaryl/α,β-unsaturated/α-hetero) is 1. The predicted molar refractivity (Wildman–Crippen MR) is 160 cm³/mol. The second-order valence-electron chi connectivity index (χ2n) is 12.0. The van der Waals surface area contributed by atoms with Crippen LogP contribution in [0.3, 0.4) is 0 Å². The summed E-state index contributed by atoms with van der Waals surface area (Å²) in [5.41, 5.74) is 3.23. The number of anilines is 3. The minimum atomic E-state index is -0.236. The first-order chi connectivity index (χ1) is 20.0. The van der Waals surface area contributed by atoms with Gasteiger partial charge in [-0.25, -0.2) is 4.98 Å². The molecule has 41 heavy (non-hydrogen) atoms. The Morgan fingerprint density at radius 1 is 1.07 bits per heavy atom. The number of ether oxygens (including phenoxy) is 1. The number of carbonyl (C=O) groups is 1. The third-order valence-corrected chi connectivity index (χ3v) is 9.55. The molecule has 7 rings (SSSR count). The molecule has 1 aliphatic carbocycles. The fraction of sp³-hybridized carbons (Fsp3) is 0.548. The second-order valence-corrected chi connectivity index (χ2v) is 12.0. The number of benzene rings is 1. The topological polar surface area (TPSA) is 105 Å². The van der Waals surface area contributed by atoms with Crippen molar-refractivity contribution in [3.63, 3.8) is 0 Å². The summed E-state index contributed by atoms with van der Waals surface area (Å²) >= 11 is 0. The number of ketones is 1. The Balaban J connectivity index is 1.18. The fourth-order valence-corrected chi connectivity index (χ4v) is 7.41. The second kappa shape index (κ2) is 10.7. The lowest BCUT2D eigenvalue weighted by atomic mass is 10.0. The summed E-state index contributed by atoms with van der Waals surface area (Å²) in [6.45, 7) is 9.26. The summed E-state index contributed by atoms with van der Waals surface area (Å²) in [6, 6.07) is 7.18. The molecule has 3 aromatic rings. The number of nitrogens with one attached hydrogen (secondary N) is 2. The van der Waals surface area contributed by atoms with E-state index >= 15 is 0 Å². The fourth-order valence-electron chi connectivity index (χ4n) is 7.41. The molecule has 0 unspecified atom stereocenters. The minimum absolute atomic E-state index is 0.0489. The van der Waals surface area contributed by atoms with Crippen LogP contribution in [-0.2, 0) is 0 Å². The zero-order valence-electron chi connectivity index (χ0n) is 24.0. The van der Waals surface area contributed by atoms with Gasteiger partial charge in [-0.15, -0.1) is 0 Å². The maximum absolute atomic E-state index is 13.6. The average Bonchev–Trinajstić information content (AvgIpc) is 3.51. The maximum atomic E-state index is 13.6. The number of pyridine rings is 1. The number of piperidine rings is 1. The molecule has 10 nitrogen and oxygen atoms in total. The Hall–Kier alpha value is -3.50. The zero-order chi connectivity index (χ0) is 28.1. The van der Waals surface area contributed by atoms with Gasteiger partial charge in [0.15, 0.2) is 5.78 Å². The molecular formula is C31H39N7O3. The molecule has 0 amide bonds. The van der Waals surface area contributed by atoms with Gasteiger partial charge in [0.25, 0.3) is 5.56 Å². The van der Waals surface area contributed by atoms with E-state index in [2.05, 4.69) is 31.5 Å². The molecule has 2 aromatic heterocycles. The molecule has 0 spiro atoms. The van der Waals surface area contributed by atoms with E-state index in [0.717, 1.165) is 80.9 Å². The molecule has 1 aromatic carbocycles. The summed E-state index contributed by atoms with van der Waals surface area (Å²) in [5, 5.41) is 7.62. The van der Waals surface area contributed by atoms with E-state index in [1.54, 1.807) is 10.8 Å². The largest absolute Gasteiger partial charge is 0.489 e. The number of aromatic nitrogens is 3. The molecule has 2 N–H and O–H groups in total. The van der Waals surface area contributed by atoms with Gasteiger partial charge in [-0.3, -0.25) is 19.1 Å². The molecule has 0 bridgehead atoms. The standard InChI is InChI=1S/C31H39N7O3/c1-19-25-16-33-31(35-29(25)38(23-5-3-4-6-23)30(40)28(19)20(2)39)34-21-7-8-27-26(15-21)37-14-13-36(17-24(37)18-41-27)22-9-11-32-12-10-22/h7-8,15-16,22-24,32H,3-6,9-14,17-18H2,1-2H3,(H,33,34,35)/t24-/m0/s1. The van der Waals surface area contributed by atoms with Gasteiger partial charge in [0.1, 0.15) is 18.0 Å². The molecular weight excluding hydrogens is 518 g/mol. The van der Waals surface area contributed by atoms with Gasteiger partial charge in [-0.1, -0.05) is 12.8 Å². The first kappa shape index (κ1) is 26.4. The van der Waals surface area contributed by atoms with Crippen LogP contribution >= 0.6 is 0 Å². The summed E-state index contributed by atoms with van der Waals surface area (Å²) in [4.78, 5) is 40.6. The van der Waals surface area contributed by atoms with E-state index in [1.807, 2.05) is 19.1 Å². The van der Waals surface area contributed by atoms with Crippen LogP contribution in [-0.4, -0.2) is 76.6 Å². The van der Waals surface area contributed by atoms with Gasteiger partial charge in [0, 0.05) is 49.0 Å². The van der Waals surface area contributed by atoms with Crippen molar-refractivity contribution in [2.45, 2.75) is 70.5 Å². The van der Waals surface area contributed by atoms with Gasteiger partial charge in [0.2, 0.25) is 5.95 Å². The predicted octanol–water partition coefficient (Wildman–Crippen LogP) is 3.80. The van der Waals surface area contributed by atoms with Crippen molar-refractivity contribution >= 4 is 34.1 Å². The highest BCUT2D eigenvalue weighted by Gasteiger charge is 2.35. The third-order valence-electron chi connectivity index (χ3n) is 9.55. The molecule has 3 aliphatic heterocycles. The van der Waals surface area contributed by atoms with Crippen LogP contribution < -0.4 is 25.8 Å². The van der Waals surface area contributed by atoms with E-state index < -0.39 is 0 Å². The van der Waals surface area contributed by atoms with Gasteiger partial charge < -0.3 is 20.3 Å². The normalized spacial score (nSPS) is 21.9. The smallest absolute Gasteiger partial charge is 0.263 e. The van der Waals surface area contributed by atoms with Crippen molar-refractivity contribution in [2.75, 3.05) is 49.5 Å². The van der Waals surface area contributed by atoms with Crippen LogP contribution in [0.25, 0.3) is 11.0 Å². The zero-order valence-corrected chi connectivity index (χ0v) is 24.0. The maximum Gasteiger partial charge on any atom is 0.263 e. The Bertz CT molecular complexity index is 1540. The van der Waals surface area contributed by atoms with E-state index in [0.29, 0.717) is 35.8 Å². The first-order valence-electron chi connectivity index (χ1n) is 15.2. The summed E-state index contributed by atoms with van der Waals surface area (Å²) in [5.74, 6) is 1.13. The highest BCUT2D eigenvalue weighted by atomic mass is 16.5. The number of fused-ring (bicyclic) bond motifs is 4. The van der Waals surface area contributed by atoms with Crippen LogP contribution in [0, 0.1) is 6.92 Å². The summed E-state index contributed by atoms with van der Waals surface area (Å²) in [7, 11) is 0. The van der Waals surface area contributed by atoms with Crippen LogP contribution in [0.1, 0.15) is 67.4 Å². The van der Waals surface area contributed by atoms with Crippen LogP contribution in [0.2, 0.25) is 0 Å². The van der Waals surface area contributed by atoms with Crippen molar-refractivity contribution in [3.8, 4) is 5.75 Å². The first-order valence-corrected chi connectivity index (χ1v) is 15.2. The molecule has 1 saturated carbocycles. The number of rotatable bonds is 5. The lowest BCUT2D eigenvalue weighted by molar-refractivity contribution is 0.101. The lowest BCUT2D eigenvalue weighted by Crippen LogP contribution is -2.60. The SMILES string of the molecule is CC(=O)c1c(C)c2cnc(Nc3ccc4c(c3)N3CCN(C5CCNCC5)C[C@H]3CO4)nc2n(C2CCCC2)c1=O. The van der Waals surface area contributed by atoms with Crippen molar-refractivity contribution in [1.29, 1.82) is 0 Å². The van der Waals surface area contributed by atoms with Crippen molar-refractivity contribution in [3.05, 3.63) is 45.9 Å². The minimum Gasteiger partial charge on any atom is -0.489 e. The Morgan fingerprint density at radius 3 is 2.66 bits per heavy atom. The number of aryl methyl sites for hydroxylation is 1. The van der Waals surface area contributed by atoms with Crippen LogP contribution in [0.15, 0.2) is 29.2 Å². The lowest BCUT2D eigenvalue weighted by Gasteiger charge is -2.48. The quantitative estimate of drug-likeness (QED) is 0.454. The number of hydrogen-bond donors (Lipinski definition) is 2. The van der Waals surface area contributed by atoms with Gasteiger partial charge in [-0.05, 0) is 76.4 Å². The van der Waals surface area contributed by atoms with Crippen molar-refractivity contribution in [1.82, 2.24) is 24.8 Å². The molecule has 3 fully saturated rings. The monoisotopic (exact) mass is 557 g/mol. The number of nitrogens with zero attached hydrogens (tertiary/aromatic N) is 5. The van der Waals surface area contributed by atoms with Crippen LogP contribution in [0.5, 0.6) is 5.75 Å². The van der Waals surface area contributed by atoms with Crippen molar-refractivity contribution in [2.24, 2.45) is 0 Å². The highest BCUT2D eigenvalue weighted by Crippen LogP contribution is 2.38. The van der Waals surface area contributed by atoms with Gasteiger partial charge in [0.05, 0.1) is 17.3 Å². The molecule has 216 valence electrons. The van der Waals surface area contributed by atoms with Crippen LogP contribution in [0.4, 0.5) is 17.3 Å².